The number of hydrogen-bond acceptors (Lipinski definition) is 4. The van der Waals surface area contributed by atoms with Crippen molar-refractivity contribution in [2.75, 3.05) is 12.3 Å². The van der Waals surface area contributed by atoms with E-state index in [9.17, 15) is 4.79 Å². The molecule has 2 rings (SSSR count). The smallest absolute Gasteiger partial charge is 0.230 e. The van der Waals surface area contributed by atoms with E-state index in [1.165, 1.54) is 17.3 Å². The molecule has 0 atom stereocenters. The largest absolute Gasteiger partial charge is 0.355 e. The highest BCUT2D eigenvalue weighted by Crippen LogP contribution is 2.20. The first kappa shape index (κ1) is 16.5. The number of nitrogens with zero attached hydrogens (tertiary/aromatic N) is 2. The number of nitrogens with one attached hydrogen (secondary N) is 2. The van der Waals surface area contributed by atoms with Crippen LogP contribution >= 0.6 is 11.8 Å². The van der Waals surface area contributed by atoms with Gasteiger partial charge in [0.1, 0.15) is 5.82 Å². The van der Waals surface area contributed by atoms with Crippen molar-refractivity contribution in [3.8, 4) is 0 Å². The van der Waals surface area contributed by atoms with Gasteiger partial charge < -0.3 is 5.32 Å². The van der Waals surface area contributed by atoms with Gasteiger partial charge in [0.25, 0.3) is 0 Å². The zero-order chi connectivity index (χ0) is 16.0. The number of amides is 1. The average Bonchev–Trinajstić information content (AvgIpc) is 2.95. The molecule has 0 spiro atoms. The fourth-order valence-electron chi connectivity index (χ4n) is 1.82. The van der Waals surface area contributed by atoms with Crippen LogP contribution in [-0.4, -0.2) is 33.4 Å². The Morgan fingerprint density at radius 2 is 2.00 bits per heavy atom. The van der Waals surface area contributed by atoms with Crippen LogP contribution in [0, 0.1) is 0 Å². The maximum atomic E-state index is 11.8. The number of H-pyrrole nitrogens is 1. The molecule has 2 N–H and O–H groups in total. The minimum absolute atomic E-state index is 0.00281. The van der Waals surface area contributed by atoms with Gasteiger partial charge in [0.05, 0.1) is 5.75 Å². The fraction of sp³-hybridized carbons (Fsp3) is 0.438. The van der Waals surface area contributed by atoms with Crippen LogP contribution < -0.4 is 5.32 Å². The molecule has 0 aliphatic heterocycles. The van der Waals surface area contributed by atoms with E-state index in [0.717, 1.165) is 12.2 Å². The summed E-state index contributed by atoms with van der Waals surface area (Å²) in [5.41, 5.74) is 1.16. The zero-order valence-electron chi connectivity index (χ0n) is 13.2. The molecule has 0 bridgehead atoms. The lowest BCUT2D eigenvalue weighted by atomic mass is 9.96. The second-order valence-corrected chi connectivity index (χ2v) is 7.03. The van der Waals surface area contributed by atoms with Crippen LogP contribution in [0.25, 0.3) is 0 Å². The van der Waals surface area contributed by atoms with E-state index in [0.29, 0.717) is 17.5 Å². The lowest BCUT2D eigenvalue weighted by Gasteiger charge is -2.12. The first-order valence-corrected chi connectivity index (χ1v) is 8.30. The highest BCUT2D eigenvalue weighted by atomic mass is 32.2. The van der Waals surface area contributed by atoms with Crippen molar-refractivity contribution in [2.24, 2.45) is 0 Å². The number of carbonyl (C=O) groups excluding carboxylic acids is 1. The Kier molecular flexibility index (Phi) is 5.60. The zero-order valence-corrected chi connectivity index (χ0v) is 14.0. The summed E-state index contributed by atoms with van der Waals surface area (Å²) in [6.45, 7) is 6.85. The molecule has 0 saturated heterocycles. The minimum atomic E-state index is -0.0657. The molecule has 0 radical (unpaired) electrons. The Morgan fingerprint density at radius 1 is 1.27 bits per heavy atom. The maximum absolute atomic E-state index is 11.8. The summed E-state index contributed by atoms with van der Waals surface area (Å²) in [7, 11) is 0. The number of hydrogen-bond donors (Lipinski definition) is 2. The third-order valence-corrected chi connectivity index (χ3v) is 3.93. The summed E-state index contributed by atoms with van der Waals surface area (Å²) in [6, 6.07) is 10.1. The molecule has 6 heteroatoms. The van der Waals surface area contributed by atoms with Crippen LogP contribution in [0.3, 0.4) is 0 Å². The van der Waals surface area contributed by atoms with Crippen molar-refractivity contribution < 1.29 is 4.79 Å². The predicted octanol–water partition coefficient (Wildman–Crippen LogP) is 2.55. The number of aromatic amines is 1. The van der Waals surface area contributed by atoms with Gasteiger partial charge in [0.2, 0.25) is 11.1 Å². The molecule has 5 nitrogen and oxygen atoms in total. The van der Waals surface area contributed by atoms with Gasteiger partial charge in [0, 0.05) is 12.0 Å². The first-order chi connectivity index (χ1) is 10.4. The molecule has 2 aromatic rings. The topological polar surface area (TPSA) is 70.7 Å². The average molecular weight is 318 g/mol. The number of rotatable bonds is 6. The summed E-state index contributed by atoms with van der Waals surface area (Å²) in [6.07, 6.45) is 0.839. The van der Waals surface area contributed by atoms with Gasteiger partial charge in [-0.3, -0.25) is 9.89 Å². The van der Waals surface area contributed by atoms with Crippen molar-refractivity contribution in [1.29, 1.82) is 0 Å². The van der Waals surface area contributed by atoms with Gasteiger partial charge in [-0.05, 0) is 12.0 Å². The third-order valence-electron chi connectivity index (χ3n) is 3.09. The van der Waals surface area contributed by atoms with Crippen LogP contribution in [-0.2, 0) is 16.6 Å². The Hall–Kier alpha value is -1.82. The van der Waals surface area contributed by atoms with Crippen molar-refractivity contribution >= 4 is 17.7 Å². The SMILES string of the molecule is CC(C)(C)c1nc(SCC(=O)NCCc2ccccc2)n[nH]1. The van der Waals surface area contributed by atoms with Gasteiger partial charge in [-0.1, -0.05) is 62.9 Å². The van der Waals surface area contributed by atoms with Crippen molar-refractivity contribution in [2.45, 2.75) is 37.8 Å². The van der Waals surface area contributed by atoms with Crippen LogP contribution in [0.4, 0.5) is 0 Å². The summed E-state index contributed by atoms with van der Waals surface area (Å²) >= 11 is 1.35. The molecule has 0 aliphatic rings. The number of aromatic nitrogens is 3. The molecule has 0 unspecified atom stereocenters. The van der Waals surface area contributed by atoms with Crippen LogP contribution in [0.1, 0.15) is 32.2 Å². The van der Waals surface area contributed by atoms with E-state index in [-0.39, 0.29) is 11.3 Å². The Morgan fingerprint density at radius 3 is 2.64 bits per heavy atom. The standard InChI is InChI=1S/C16H22N4OS/c1-16(2,3)14-18-15(20-19-14)22-11-13(21)17-10-9-12-7-5-4-6-8-12/h4-8H,9-11H2,1-3H3,(H,17,21)(H,18,19,20). The molecule has 22 heavy (non-hydrogen) atoms. The lowest BCUT2D eigenvalue weighted by Crippen LogP contribution is -2.27. The molecular formula is C16H22N4OS. The number of benzene rings is 1. The fourth-order valence-corrected chi connectivity index (χ4v) is 2.45. The van der Waals surface area contributed by atoms with Crippen LogP contribution in [0.5, 0.6) is 0 Å². The van der Waals surface area contributed by atoms with Gasteiger partial charge in [-0.2, -0.15) is 0 Å². The quantitative estimate of drug-likeness (QED) is 0.803. The highest BCUT2D eigenvalue weighted by Gasteiger charge is 2.18. The van der Waals surface area contributed by atoms with Crippen LogP contribution in [0.2, 0.25) is 0 Å². The molecule has 1 amide bonds. The van der Waals surface area contributed by atoms with Gasteiger partial charge in [-0.25, -0.2) is 4.98 Å². The summed E-state index contributed by atoms with van der Waals surface area (Å²) < 4.78 is 0. The van der Waals surface area contributed by atoms with Crippen LogP contribution in [0.15, 0.2) is 35.5 Å². The number of carbonyl (C=O) groups is 1. The second-order valence-electron chi connectivity index (χ2n) is 6.09. The van der Waals surface area contributed by atoms with Crippen molar-refractivity contribution in [1.82, 2.24) is 20.5 Å². The summed E-state index contributed by atoms with van der Waals surface area (Å²) in [5.74, 6) is 1.17. The van der Waals surface area contributed by atoms with Crippen molar-refractivity contribution in [3.63, 3.8) is 0 Å². The van der Waals surface area contributed by atoms with Gasteiger partial charge in [0.15, 0.2) is 0 Å². The Balaban J connectivity index is 1.70. The molecular weight excluding hydrogens is 296 g/mol. The van der Waals surface area contributed by atoms with Crippen molar-refractivity contribution in [3.05, 3.63) is 41.7 Å². The summed E-state index contributed by atoms with van der Waals surface area (Å²) in [4.78, 5) is 16.2. The molecule has 1 aromatic carbocycles. The lowest BCUT2D eigenvalue weighted by molar-refractivity contribution is -0.118. The summed E-state index contributed by atoms with van der Waals surface area (Å²) in [5, 5.41) is 10.6. The predicted molar refractivity (Wildman–Crippen MR) is 89.0 cm³/mol. The third kappa shape index (κ3) is 5.18. The molecule has 118 valence electrons. The van der Waals surface area contributed by atoms with E-state index in [1.54, 1.807) is 0 Å². The maximum Gasteiger partial charge on any atom is 0.230 e. The molecule has 0 fully saturated rings. The van der Waals surface area contributed by atoms with E-state index >= 15 is 0 Å². The van der Waals surface area contributed by atoms with E-state index in [1.807, 2.05) is 18.2 Å². The second kappa shape index (κ2) is 7.45. The van der Waals surface area contributed by atoms with E-state index in [4.69, 9.17) is 0 Å². The first-order valence-electron chi connectivity index (χ1n) is 7.31. The molecule has 0 saturated carbocycles. The normalized spacial score (nSPS) is 11.4. The van der Waals surface area contributed by atoms with E-state index in [2.05, 4.69) is 53.4 Å². The van der Waals surface area contributed by atoms with Gasteiger partial charge >= 0.3 is 0 Å². The Bertz CT molecular complexity index is 604. The Labute approximate surface area is 135 Å². The minimum Gasteiger partial charge on any atom is -0.355 e. The monoisotopic (exact) mass is 318 g/mol. The highest BCUT2D eigenvalue weighted by molar-refractivity contribution is 7.99. The molecule has 0 aliphatic carbocycles. The van der Waals surface area contributed by atoms with Gasteiger partial charge in [-0.15, -0.1) is 5.10 Å². The van der Waals surface area contributed by atoms with E-state index < -0.39 is 0 Å². The molecule has 1 heterocycles. The molecule has 1 aromatic heterocycles. The number of thioether (sulfide) groups is 1.